The number of pyridine rings is 1. The molecule has 2 aromatic heterocycles. The third-order valence-corrected chi connectivity index (χ3v) is 6.23. The maximum atomic E-state index is 15.8. The summed E-state index contributed by atoms with van der Waals surface area (Å²) in [5, 5.41) is 4.86. The van der Waals surface area contributed by atoms with Gasteiger partial charge in [0.1, 0.15) is 22.7 Å². The van der Waals surface area contributed by atoms with E-state index in [1.54, 1.807) is 67.6 Å². The summed E-state index contributed by atoms with van der Waals surface area (Å²) in [5.74, 6) is -1.29. The Morgan fingerprint density at radius 2 is 1.70 bits per heavy atom. The number of nitrogens with zero attached hydrogens (tertiary/aromatic N) is 5. The SMILES string of the molecule is [C-]#[N+]c1cc2c(cc1-c1c(C)cc(CN(C)C(=O)OC(C)(C)C)cc1F)c(-c1ccc(F)nc1)nn2C(=O)OC(C)(C)C. The van der Waals surface area contributed by atoms with Gasteiger partial charge in [-0.05, 0) is 89.4 Å². The predicted molar refractivity (Wildman–Crippen MR) is 159 cm³/mol. The highest BCUT2D eigenvalue weighted by Gasteiger charge is 2.26. The van der Waals surface area contributed by atoms with Crippen LogP contribution in [0.5, 0.6) is 0 Å². The average molecular weight is 590 g/mol. The van der Waals surface area contributed by atoms with Crippen LogP contribution in [-0.4, -0.2) is 50.1 Å². The molecule has 2 aromatic carbocycles. The Labute approximate surface area is 248 Å². The molecule has 0 saturated heterocycles. The number of hydrogen-bond donors (Lipinski definition) is 0. The lowest BCUT2D eigenvalue weighted by Gasteiger charge is -2.25. The molecule has 0 aliphatic rings. The molecule has 0 atom stereocenters. The summed E-state index contributed by atoms with van der Waals surface area (Å²) in [6.07, 6.45) is -0.0376. The van der Waals surface area contributed by atoms with Gasteiger partial charge >= 0.3 is 12.2 Å². The number of amides is 1. The fourth-order valence-corrected chi connectivity index (χ4v) is 4.54. The van der Waals surface area contributed by atoms with Crippen LogP contribution in [0.15, 0.2) is 42.6 Å². The first-order chi connectivity index (χ1) is 20.0. The van der Waals surface area contributed by atoms with Crippen molar-refractivity contribution in [2.75, 3.05) is 7.05 Å². The molecule has 9 nitrogen and oxygen atoms in total. The highest BCUT2D eigenvalue weighted by atomic mass is 19.1. The number of halogens is 2. The fraction of sp³-hybridized carbons (Fsp3) is 0.344. The van der Waals surface area contributed by atoms with E-state index in [2.05, 4.69) is 14.9 Å². The zero-order valence-electron chi connectivity index (χ0n) is 25.4. The van der Waals surface area contributed by atoms with Crippen LogP contribution in [0, 0.1) is 25.3 Å². The molecular formula is C32H33F2N5O4. The number of carbonyl (C=O) groups is 2. The van der Waals surface area contributed by atoms with Gasteiger partial charge in [0.2, 0.25) is 5.95 Å². The normalized spacial score (nSPS) is 11.7. The molecule has 224 valence electrons. The van der Waals surface area contributed by atoms with Crippen molar-refractivity contribution in [3.63, 3.8) is 0 Å². The second-order valence-corrected chi connectivity index (χ2v) is 12.2. The maximum Gasteiger partial charge on any atom is 0.435 e. The summed E-state index contributed by atoms with van der Waals surface area (Å²) < 4.78 is 41.4. The molecule has 0 aliphatic heterocycles. The Bertz CT molecular complexity index is 1740. The van der Waals surface area contributed by atoms with Crippen LogP contribution in [0.3, 0.4) is 0 Å². The van der Waals surface area contributed by atoms with Gasteiger partial charge in [-0.2, -0.15) is 14.2 Å². The lowest BCUT2D eigenvalue weighted by Crippen LogP contribution is -2.33. The molecular weight excluding hydrogens is 556 g/mol. The van der Waals surface area contributed by atoms with Crippen molar-refractivity contribution >= 4 is 28.8 Å². The van der Waals surface area contributed by atoms with E-state index in [0.29, 0.717) is 22.1 Å². The Balaban J connectivity index is 1.86. The van der Waals surface area contributed by atoms with Gasteiger partial charge in [0.05, 0.1) is 12.1 Å². The van der Waals surface area contributed by atoms with Gasteiger partial charge in [0.25, 0.3) is 0 Å². The predicted octanol–water partition coefficient (Wildman–Crippen LogP) is 8.05. The summed E-state index contributed by atoms with van der Waals surface area (Å²) in [6, 6.07) is 8.74. The second-order valence-electron chi connectivity index (χ2n) is 12.2. The quantitative estimate of drug-likeness (QED) is 0.177. The number of fused-ring (bicyclic) bond motifs is 1. The summed E-state index contributed by atoms with van der Waals surface area (Å²) in [5.41, 5.74) is 1.07. The summed E-state index contributed by atoms with van der Waals surface area (Å²) in [6.45, 7) is 20.1. The van der Waals surface area contributed by atoms with Crippen LogP contribution in [0.1, 0.15) is 52.7 Å². The van der Waals surface area contributed by atoms with E-state index in [1.165, 1.54) is 35.4 Å². The minimum atomic E-state index is -0.824. The second kappa shape index (κ2) is 11.4. The molecule has 0 unspecified atom stereocenters. The van der Waals surface area contributed by atoms with E-state index in [9.17, 15) is 14.0 Å². The molecule has 4 rings (SSSR count). The smallest absolute Gasteiger partial charge is 0.435 e. The first-order valence-corrected chi connectivity index (χ1v) is 13.5. The molecule has 2 heterocycles. The largest absolute Gasteiger partial charge is 0.444 e. The topological polar surface area (TPSA) is 90.9 Å². The lowest BCUT2D eigenvalue weighted by atomic mass is 9.94. The Morgan fingerprint density at radius 3 is 2.26 bits per heavy atom. The first kappa shape index (κ1) is 31.1. The zero-order chi connectivity index (χ0) is 31.9. The molecule has 4 aromatic rings. The molecule has 0 aliphatic carbocycles. The van der Waals surface area contributed by atoms with E-state index in [4.69, 9.17) is 16.0 Å². The van der Waals surface area contributed by atoms with Gasteiger partial charge in [0, 0.05) is 36.3 Å². The van der Waals surface area contributed by atoms with E-state index in [-0.39, 0.29) is 34.6 Å². The molecule has 0 fully saturated rings. The minimum Gasteiger partial charge on any atom is -0.444 e. The molecule has 43 heavy (non-hydrogen) atoms. The van der Waals surface area contributed by atoms with Gasteiger partial charge in [-0.25, -0.2) is 23.8 Å². The summed E-state index contributed by atoms with van der Waals surface area (Å²) in [7, 11) is 1.56. The molecule has 0 bridgehead atoms. The van der Waals surface area contributed by atoms with Crippen LogP contribution in [-0.2, 0) is 16.0 Å². The van der Waals surface area contributed by atoms with Gasteiger partial charge in [-0.1, -0.05) is 12.1 Å². The Morgan fingerprint density at radius 1 is 1.02 bits per heavy atom. The molecule has 0 N–H and O–H groups in total. The number of hydrogen-bond acceptors (Lipinski definition) is 6. The van der Waals surface area contributed by atoms with E-state index < -0.39 is 35.2 Å². The molecule has 0 spiro atoms. The minimum absolute atomic E-state index is 0.0848. The van der Waals surface area contributed by atoms with Crippen LogP contribution in [0.4, 0.5) is 24.1 Å². The maximum absolute atomic E-state index is 15.8. The number of rotatable bonds is 4. The third-order valence-electron chi connectivity index (χ3n) is 6.23. The molecule has 0 radical (unpaired) electrons. The number of carbonyl (C=O) groups excluding carboxylic acids is 2. The highest BCUT2D eigenvalue weighted by molar-refractivity contribution is 6.03. The number of ether oxygens (including phenoxy) is 2. The van der Waals surface area contributed by atoms with Gasteiger partial charge < -0.3 is 14.4 Å². The fourth-order valence-electron chi connectivity index (χ4n) is 4.54. The summed E-state index contributed by atoms with van der Waals surface area (Å²) >= 11 is 0. The van der Waals surface area contributed by atoms with Crippen molar-refractivity contribution in [3.8, 4) is 22.4 Å². The van der Waals surface area contributed by atoms with Crippen LogP contribution in [0.25, 0.3) is 38.1 Å². The monoisotopic (exact) mass is 589 g/mol. The van der Waals surface area contributed by atoms with Gasteiger partial charge in [-0.3, -0.25) is 0 Å². The van der Waals surface area contributed by atoms with Crippen molar-refractivity contribution in [2.24, 2.45) is 0 Å². The molecule has 11 heteroatoms. The van der Waals surface area contributed by atoms with Crippen molar-refractivity contribution in [2.45, 2.75) is 66.2 Å². The number of aromatic nitrogens is 3. The van der Waals surface area contributed by atoms with Crippen LogP contribution in [0.2, 0.25) is 0 Å². The highest BCUT2D eigenvalue weighted by Crippen LogP contribution is 2.41. The van der Waals surface area contributed by atoms with Gasteiger partial charge in [0.15, 0.2) is 5.69 Å². The average Bonchev–Trinajstić information content (AvgIpc) is 3.25. The van der Waals surface area contributed by atoms with E-state index >= 15 is 4.39 Å². The Kier molecular flexibility index (Phi) is 8.27. The van der Waals surface area contributed by atoms with Gasteiger partial charge in [-0.15, -0.1) is 0 Å². The summed E-state index contributed by atoms with van der Waals surface area (Å²) in [4.78, 5) is 34.2. The van der Waals surface area contributed by atoms with Crippen molar-refractivity contribution in [1.82, 2.24) is 19.7 Å². The van der Waals surface area contributed by atoms with Crippen LogP contribution < -0.4 is 0 Å². The molecule has 0 saturated carbocycles. The van der Waals surface area contributed by atoms with E-state index in [0.717, 1.165) is 4.68 Å². The van der Waals surface area contributed by atoms with Crippen molar-refractivity contribution in [3.05, 3.63) is 76.9 Å². The van der Waals surface area contributed by atoms with Crippen molar-refractivity contribution in [1.29, 1.82) is 0 Å². The molecule has 1 amide bonds. The van der Waals surface area contributed by atoms with Crippen LogP contribution >= 0.6 is 0 Å². The standard InChI is InChI=1S/C32H33F2N5O4/c1-18-12-19(17-38(9)29(40)42-31(2,3)4)13-23(33)27(18)21-14-22-25(15-24(21)35-8)39(30(41)43-32(5,6)7)37-28(22)20-10-11-26(34)36-16-20/h10-16H,17H2,1-7,9H3. The third kappa shape index (κ3) is 6.97. The number of aryl methyl sites for hydroxylation is 1. The Hall–Kier alpha value is -4.85. The lowest BCUT2D eigenvalue weighted by molar-refractivity contribution is 0.0284. The van der Waals surface area contributed by atoms with E-state index in [1.807, 2.05) is 0 Å². The zero-order valence-corrected chi connectivity index (χ0v) is 25.4. The van der Waals surface area contributed by atoms with Crippen molar-refractivity contribution < 1.29 is 27.8 Å². The first-order valence-electron chi connectivity index (χ1n) is 13.5. The number of benzene rings is 2.